The summed E-state index contributed by atoms with van der Waals surface area (Å²) in [5, 5.41) is 33.9. The lowest BCUT2D eigenvalue weighted by atomic mass is 9.76. The number of anilines is 1. The fourth-order valence-corrected chi connectivity index (χ4v) is 5.00. The number of aromatic amines is 1. The Hall–Kier alpha value is -3.78. The van der Waals surface area contributed by atoms with Crippen molar-refractivity contribution in [2.75, 3.05) is 32.7 Å². The molecule has 0 atom stereocenters. The molecule has 0 aliphatic heterocycles. The Balaban J connectivity index is 1.45. The van der Waals surface area contributed by atoms with Gasteiger partial charge < -0.3 is 41.2 Å². The second-order valence-electron chi connectivity index (χ2n) is 9.81. The summed E-state index contributed by atoms with van der Waals surface area (Å²) >= 11 is 0. The Bertz CT molecular complexity index is 1460. The van der Waals surface area contributed by atoms with Gasteiger partial charge in [0.15, 0.2) is 11.4 Å². The molecule has 4 aromatic rings. The lowest BCUT2D eigenvalue weighted by Gasteiger charge is -2.37. The molecule has 1 saturated carbocycles. The molecule has 3 heterocycles. The number of ether oxygens (including phenoxy) is 2. The number of carbonyl (C=O) groups excluding carboxylic acids is 1. The number of H-pyrrole nitrogens is 1. The van der Waals surface area contributed by atoms with Gasteiger partial charge in [-0.3, -0.25) is 4.79 Å². The molecule has 1 fully saturated rings. The minimum absolute atomic E-state index is 0.0905. The third kappa shape index (κ3) is 4.22. The van der Waals surface area contributed by atoms with Crippen molar-refractivity contribution >= 4 is 28.2 Å². The number of aliphatic hydroxyl groups excluding tert-OH is 3. The minimum Gasteiger partial charge on any atom is -0.495 e. The fraction of sp³-hybridized carbons (Fsp3) is 0.440. The van der Waals surface area contributed by atoms with Gasteiger partial charge in [0, 0.05) is 11.3 Å². The monoisotopic (exact) mass is 525 g/mol. The molecule has 1 aliphatic rings. The summed E-state index contributed by atoms with van der Waals surface area (Å²) in [6.45, 7) is -2.18. The van der Waals surface area contributed by atoms with E-state index in [9.17, 15) is 20.1 Å². The van der Waals surface area contributed by atoms with E-state index >= 15 is 0 Å². The Morgan fingerprint density at radius 1 is 1.24 bits per heavy atom. The summed E-state index contributed by atoms with van der Waals surface area (Å²) in [6.07, 6.45) is 2.90. The van der Waals surface area contributed by atoms with Gasteiger partial charge in [-0.15, -0.1) is 0 Å². The van der Waals surface area contributed by atoms with Crippen molar-refractivity contribution < 1.29 is 29.6 Å². The van der Waals surface area contributed by atoms with Crippen molar-refractivity contribution in [1.29, 1.82) is 0 Å². The molecule has 0 radical (unpaired) electrons. The molecule has 1 aliphatic carbocycles. The van der Waals surface area contributed by atoms with Gasteiger partial charge in [-0.05, 0) is 37.8 Å². The lowest BCUT2D eigenvalue weighted by Crippen LogP contribution is -2.56. The van der Waals surface area contributed by atoms with Crippen LogP contribution in [0.15, 0.2) is 30.6 Å². The van der Waals surface area contributed by atoms with Crippen LogP contribution >= 0.6 is 0 Å². The topological polar surface area (TPSA) is 207 Å². The van der Waals surface area contributed by atoms with Gasteiger partial charge in [0.05, 0.1) is 38.1 Å². The highest BCUT2D eigenvalue weighted by Gasteiger charge is 2.45. The Morgan fingerprint density at radius 3 is 2.61 bits per heavy atom. The third-order valence-electron chi connectivity index (χ3n) is 7.40. The summed E-state index contributed by atoms with van der Waals surface area (Å²) < 4.78 is 12.4. The highest BCUT2D eigenvalue weighted by atomic mass is 16.6. The van der Waals surface area contributed by atoms with Gasteiger partial charge in [-0.1, -0.05) is 12.1 Å². The van der Waals surface area contributed by atoms with Crippen molar-refractivity contribution in [3.8, 4) is 17.1 Å². The van der Waals surface area contributed by atoms with E-state index in [1.165, 1.54) is 6.33 Å². The van der Waals surface area contributed by atoms with Gasteiger partial charge in [-0.2, -0.15) is 5.10 Å². The predicted molar refractivity (Wildman–Crippen MR) is 137 cm³/mol. The third-order valence-corrected chi connectivity index (χ3v) is 7.40. The van der Waals surface area contributed by atoms with Gasteiger partial charge >= 0.3 is 5.97 Å². The molecular formula is C25H31N7O6. The number of rotatable bonds is 8. The number of fused-ring (bicyclic) bond motifs is 2. The van der Waals surface area contributed by atoms with E-state index in [0.717, 1.165) is 16.6 Å². The predicted octanol–water partition coefficient (Wildman–Crippen LogP) is 0.477. The zero-order valence-electron chi connectivity index (χ0n) is 20.9. The van der Waals surface area contributed by atoms with Gasteiger partial charge in [0.2, 0.25) is 0 Å². The number of nitrogens with two attached hydrogens (primary N) is 2. The van der Waals surface area contributed by atoms with E-state index in [0.29, 0.717) is 35.6 Å². The first kappa shape index (κ1) is 25.9. The lowest BCUT2D eigenvalue weighted by molar-refractivity contribution is -0.184. The summed E-state index contributed by atoms with van der Waals surface area (Å²) in [5.74, 6) is 0.779. The molecule has 3 aromatic heterocycles. The number of methoxy groups -OCH3 is 1. The maximum Gasteiger partial charge on any atom is 0.326 e. The molecule has 13 heteroatoms. The Labute approximate surface area is 217 Å². The number of aromatic nitrogens is 5. The summed E-state index contributed by atoms with van der Waals surface area (Å²) in [4.78, 5) is 25.4. The number of nitrogen functional groups attached to an aromatic ring is 1. The second-order valence-corrected chi connectivity index (χ2v) is 9.81. The maximum atomic E-state index is 12.9. The first-order chi connectivity index (χ1) is 18.3. The molecular weight excluding hydrogens is 494 g/mol. The molecule has 202 valence electrons. The second kappa shape index (κ2) is 9.83. The van der Waals surface area contributed by atoms with Crippen LogP contribution in [0.2, 0.25) is 0 Å². The van der Waals surface area contributed by atoms with Crippen LogP contribution in [0.1, 0.15) is 37.4 Å². The van der Waals surface area contributed by atoms with Crippen molar-refractivity contribution in [2.24, 2.45) is 5.73 Å². The number of benzene rings is 1. The number of carbonyl (C=O) groups is 1. The normalized spacial score (nSPS) is 20.2. The van der Waals surface area contributed by atoms with E-state index in [2.05, 4.69) is 15.1 Å². The fourth-order valence-electron chi connectivity index (χ4n) is 5.00. The minimum atomic E-state index is -1.79. The number of para-hydroxylation sites is 1. The first-order valence-corrected chi connectivity index (χ1v) is 12.3. The van der Waals surface area contributed by atoms with Crippen molar-refractivity contribution in [2.45, 2.75) is 42.7 Å². The van der Waals surface area contributed by atoms with E-state index in [-0.39, 0.29) is 24.6 Å². The van der Waals surface area contributed by atoms with Crippen LogP contribution in [0.3, 0.4) is 0 Å². The van der Waals surface area contributed by atoms with Crippen LogP contribution in [0.5, 0.6) is 5.75 Å². The molecule has 0 amide bonds. The number of nitrogens with one attached hydrogen (secondary N) is 1. The van der Waals surface area contributed by atoms with E-state index in [1.54, 1.807) is 11.6 Å². The zero-order valence-corrected chi connectivity index (χ0v) is 20.9. The largest absolute Gasteiger partial charge is 0.495 e. The Kier molecular flexibility index (Phi) is 6.69. The summed E-state index contributed by atoms with van der Waals surface area (Å²) in [7, 11) is 1.61. The SMILES string of the molecule is COc1cccc2cc(-c3nc(C4CCC(N)(C(=O)OC(CO)(CO)CO)CC4)n4ncnc(N)c34)[nH]c12. The molecule has 13 nitrogen and oxygen atoms in total. The zero-order chi connectivity index (χ0) is 27.1. The van der Waals surface area contributed by atoms with Crippen molar-refractivity contribution in [1.82, 2.24) is 24.6 Å². The van der Waals surface area contributed by atoms with Crippen LogP contribution < -0.4 is 16.2 Å². The van der Waals surface area contributed by atoms with Crippen molar-refractivity contribution in [3.05, 3.63) is 36.4 Å². The standard InChI is InChI=1S/C25H31N7O6/c1-37-17-4-2-3-15-9-16(30-18(15)17)19-20-21(26)28-13-29-32(20)22(31-19)14-5-7-25(27,8-6-14)23(36)38-24(10-33,11-34)12-35/h2-4,9,13-14,30,33-35H,5-8,10-12,27H2,1H3,(H2,26,28,29). The highest BCUT2D eigenvalue weighted by Crippen LogP contribution is 2.40. The number of aliphatic hydroxyl groups is 3. The average molecular weight is 526 g/mol. The number of imidazole rings is 1. The number of nitrogens with zero attached hydrogens (tertiary/aromatic N) is 4. The smallest absolute Gasteiger partial charge is 0.326 e. The van der Waals surface area contributed by atoms with E-state index in [1.807, 2.05) is 24.3 Å². The van der Waals surface area contributed by atoms with E-state index < -0.39 is 36.9 Å². The van der Waals surface area contributed by atoms with Crippen LogP contribution in [0.25, 0.3) is 27.8 Å². The van der Waals surface area contributed by atoms with Crippen LogP contribution in [0.4, 0.5) is 5.82 Å². The summed E-state index contributed by atoms with van der Waals surface area (Å²) in [6, 6.07) is 7.71. The Morgan fingerprint density at radius 2 is 1.95 bits per heavy atom. The van der Waals surface area contributed by atoms with Crippen LogP contribution in [-0.4, -0.2) is 83.9 Å². The number of hydrogen-bond acceptors (Lipinski definition) is 11. The van der Waals surface area contributed by atoms with Crippen LogP contribution in [-0.2, 0) is 9.53 Å². The summed E-state index contributed by atoms with van der Waals surface area (Å²) in [5.41, 5.74) is 12.3. The quantitative estimate of drug-likeness (QED) is 0.174. The van der Waals surface area contributed by atoms with Gasteiger partial charge in [-0.25, -0.2) is 14.5 Å². The van der Waals surface area contributed by atoms with Crippen molar-refractivity contribution in [3.63, 3.8) is 0 Å². The molecule has 0 saturated heterocycles. The highest BCUT2D eigenvalue weighted by molar-refractivity contribution is 5.93. The molecule has 0 spiro atoms. The van der Waals surface area contributed by atoms with E-state index in [4.69, 9.17) is 25.9 Å². The first-order valence-electron chi connectivity index (χ1n) is 12.3. The number of esters is 1. The number of hydrogen-bond donors (Lipinski definition) is 6. The van der Waals surface area contributed by atoms with Gasteiger partial charge in [0.1, 0.15) is 34.7 Å². The molecule has 0 unspecified atom stereocenters. The average Bonchev–Trinajstić information content (AvgIpc) is 3.55. The maximum absolute atomic E-state index is 12.9. The molecule has 38 heavy (non-hydrogen) atoms. The molecule has 8 N–H and O–H groups in total. The molecule has 0 bridgehead atoms. The van der Waals surface area contributed by atoms with Crippen LogP contribution in [0, 0.1) is 0 Å². The molecule has 5 rings (SSSR count). The van der Waals surface area contributed by atoms with Gasteiger partial charge in [0.25, 0.3) is 0 Å². The molecule has 1 aromatic carbocycles.